The third kappa shape index (κ3) is 55.4. The van der Waals surface area contributed by atoms with Gasteiger partial charge in [-0.05, 0) is 122 Å². The molecule has 1 amide bonds. The van der Waals surface area contributed by atoms with E-state index in [-0.39, 0.29) is 19.1 Å². The number of nitrogens with one attached hydrogen (secondary N) is 1. The van der Waals surface area contributed by atoms with Crippen molar-refractivity contribution >= 4 is 13.7 Å². The lowest BCUT2D eigenvalue weighted by Crippen LogP contribution is -2.45. The molecule has 3 N–H and O–H groups in total. The molecule has 8 nitrogen and oxygen atoms in total. The average molecular weight is 1030 g/mol. The van der Waals surface area contributed by atoms with E-state index in [0.717, 1.165) is 128 Å². The van der Waals surface area contributed by atoms with Gasteiger partial charge in [0.25, 0.3) is 0 Å². The molecule has 0 aliphatic heterocycles. The number of phosphoric ester groups is 1. The van der Waals surface area contributed by atoms with Gasteiger partial charge in [0.15, 0.2) is 0 Å². The van der Waals surface area contributed by atoms with E-state index in [2.05, 4.69) is 177 Å². The minimum Gasteiger partial charge on any atom is -0.387 e. The van der Waals surface area contributed by atoms with E-state index < -0.39 is 20.0 Å². The maximum Gasteiger partial charge on any atom is 0.472 e. The summed E-state index contributed by atoms with van der Waals surface area (Å²) in [6, 6.07) is -0.888. The Kier molecular flexibility index (Phi) is 49.7. The van der Waals surface area contributed by atoms with E-state index in [9.17, 15) is 19.4 Å². The molecule has 3 unspecified atom stereocenters. The van der Waals surface area contributed by atoms with Crippen molar-refractivity contribution in [2.24, 2.45) is 0 Å². The smallest absolute Gasteiger partial charge is 0.387 e. The fourth-order valence-corrected chi connectivity index (χ4v) is 7.54. The van der Waals surface area contributed by atoms with Crippen LogP contribution in [0.3, 0.4) is 0 Å². The Morgan fingerprint density at radius 3 is 1.25 bits per heavy atom. The minimum absolute atomic E-state index is 0.0411. The van der Waals surface area contributed by atoms with E-state index >= 15 is 0 Å². The highest BCUT2D eigenvalue weighted by molar-refractivity contribution is 7.47. The minimum atomic E-state index is -4.37. The van der Waals surface area contributed by atoms with E-state index in [1.54, 1.807) is 6.08 Å². The van der Waals surface area contributed by atoms with Gasteiger partial charge < -0.3 is 19.8 Å². The van der Waals surface area contributed by atoms with Crippen LogP contribution in [0.2, 0.25) is 0 Å². The number of carbonyl (C=O) groups excluding carboxylic acids is 1. The van der Waals surface area contributed by atoms with Crippen LogP contribution in [-0.2, 0) is 18.4 Å². The van der Waals surface area contributed by atoms with E-state index in [4.69, 9.17) is 9.05 Å². The number of unbranched alkanes of at least 4 members (excludes halogenated alkanes) is 9. The highest BCUT2D eigenvalue weighted by Crippen LogP contribution is 2.43. The standard InChI is InChI=1S/C64H103N2O6P/c1-6-8-10-12-14-16-18-19-20-21-22-23-24-25-26-27-28-29-30-31-32-33-34-35-36-37-38-39-40-41-42-43-44-45-46-47-48-50-52-54-56-58-64(68)65-62(61-72-73(69,70)71-60-59-66(3,4)5)63(67)57-55-53-51-49-17-15-13-11-9-7-2/h8,10,14,16-17,19-20,22-23,25-26,28-29,31-32,34-35,37-38,40-41,43-44,46-47,49,55,57,62-63,67H,6-7,9,11-13,15,18,21,24,27,30,33,36,39,42,45,48,50-54,56,58-61H2,1-5H3,(H-,65,68,69,70)/p+1/b10-8-,16-14-,20-19-,23-22-,26-25-,29-28-,32-31-,35-34-,38-37-,41-40-,44-43-,47-46-,49-17+,57-55+. The molecule has 0 bridgehead atoms. The molecule has 0 heterocycles. The molecule has 0 rings (SSSR count). The Bertz CT molecular complexity index is 1780. The summed E-state index contributed by atoms with van der Waals surface area (Å²) in [5.41, 5.74) is 0. The van der Waals surface area contributed by atoms with Crippen LogP contribution >= 0.6 is 7.82 Å². The molecule has 0 aliphatic rings. The van der Waals surface area contributed by atoms with Gasteiger partial charge >= 0.3 is 7.82 Å². The first-order valence-corrected chi connectivity index (χ1v) is 29.5. The van der Waals surface area contributed by atoms with Crippen LogP contribution in [-0.4, -0.2) is 73.4 Å². The van der Waals surface area contributed by atoms with Crippen molar-refractivity contribution in [2.75, 3.05) is 40.9 Å². The zero-order chi connectivity index (χ0) is 53.5. The van der Waals surface area contributed by atoms with Gasteiger partial charge in [-0.1, -0.05) is 216 Å². The Morgan fingerprint density at radius 2 is 0.836 bits per heavy atom. The maximum absolute atomic E-state index is 12.9. The molecule has 0 aliphatic carbocycles. The summed E-state index contributed by atoms with van der Waals surface area (Å²) in [5.74, 6) is -0.222. The number of aliphatic hydroxyl groups excluding tert-OH is 1. The normalized spacial score (nSPS) is 15.2. The average Bonchev–Trinajstić information content (AvgIpc) is 3.35. The first-order valence-electron chi connectivity index (χ1n) is 28.0. The first-order chi connectivity index (χ1) is 35.5. The molecule has 9 heteroatoms. The monoisotopic (exact) mass is 1030 g/mol. The second-order valence-corrected chi connectivity index (χ2v) is 20.7. The zero-order valence-electron chi connectivity index (χ0n) is 46.5. The van der Waals surface area contributed by atoms with Crippen molar-refractivity contribution < 1.29 is 32.9 Å². The summed E-state index contributed by atoms with van der Waals surface area (Å²) in [7, 11) is 1.51. The molecule has 73 heavy (non-hydrogen) atoms. The molecule has 410 valence electrons. The predicted molar refractivity (Wildman–Crippen MR) is 317 cm³/mol. The topological polar surface area (TPSA) is 105 Å². The van der Waals surface area contributed by atoms with Gasteiger partial charge in [-0.25, -0.2) is 4.57 Å². The van der Waals surface area contributed by atoms with Crippen LogP contribution in [0.1, 0.15) is 174 Å². The summed E-state index contributed by atoms with van der Waals surface area (Å²) in [5, 5.41) is 13.8. The Hall–Kier alpha value is -4.14. The molecule has 0 saturated carbocycles. The lowest BCUT2D eigenvalue weighted by molar-refractivity contribution is -0.870. The lowest BCUT2D eigenvalue weighted by Gasteiger charge is -2.25. The van der Waals surface area contributed by atoms with Crippen molar-refractivity contribution in [1.29, 1.82) is 0 Å². The van der Waals surface area contributed by atoms with Crippen molar-refractivity contribution in [2.45, 2.75) is 187 Å². The lowest BCUT2D eigenvalue weighted by atomic mass is 10.1. The van der Waals surface area contributed by atoms with Crippen LogP contribution in [0.25, 0.3) is 0 Å². The van der Waals surface area contributed by atoms with Gasteiger partial charge in [-0.2, -0.15) is 0 Å². The third-order valence-electron chi connectivity index (χ3n) is 11.2. The SMILES string of the molecule is CC/C=C\C/C=C\C/C=C\C/C=C\C/C=C\C/C=C\C/C=C\C/C=C\C/C=C\C/C=C\C/C=C\C/C=C\CCCCCCC(=O)NC(COP(=O)(O)OCC[N+](C)(C)C)C(O)/C=C/CC/C=C/CCCCCC. The summed E-state index contributed by atoms with van der Waals surface area (Å²) in [6.07, 6.45) is 84.7. The van der Waals surface area contributed by atoms with Gasteiger partial charge in [0.05, 0.1) is 39.9 Å². The molecule has 0 aromatic rings. The van der Waals surface area contributed by atoms with Gasteiger partial charge in [0.2, 0.25) is 5.91 Å². The van der Waals surface area contributed by atoms with E-state index in [1.807, 2.05) is 27.2 Å². The van der Waals surface area contributed by atoms with Crippen LogP contribution in [0, 0.1) is 0 Å². The van der Waals surface area contributed by atoms with Gasteiger partial charge in [-0.3, -0.25) is 13.8 Å². The summed E-state index contributed by atoms with van der Waals surface area (Å²) < 4.78 is 23.5. The number of likely N-dealkylation sites (N-methyl/N-ethyl adjacent to an activating group) is 1. The van der Waals surface area contributed by atoms with Gasteiger partial charge in [-0.15, -0.1) is 0 Å². The number of carbonyl (C=O) groups is 1. The molecule has 3 atom stereocenters. The highest BCUT2D eigenvalue weighted by atomic mass is 31.2. The number of phosphoric acid groups is 1. The van der Waals surface area contributed by atoms with Gasteiger partial charge in [0.1, 0.15) is 13.2 Å². The van der Waals surface area contributed by atoms with Crippen molar-refractivity contribution in [3.8, 4) is 0 Å². The fourth-order valence-electron chi connectivity index (χ4n) is 6.80. The van der Waals surface area contributed by atoms with Crippen LogP contribution in [0.15, 0.2) is 170 Å². The molecule has 0 aromatic heterocycles. The molecule has 0 spiro atoms. The number of quaternary nitrogens is 1. The number of hydrogen-bond acceptors (Lipinski definition) is 5. The number of allylic oxidation sites excluding steroid dienone is 27. The first kappa shape index (κ1) is 68.9. The molecular weight excluding hydrogens is 924 g/mol. The molecule has 0 aromatic carbocycles. The molecular formula is C64H104N2O6P+. The Morgan fingerprint density at radius 1 is 0.479 bits per heavy atom. The number of aliphatic hydroxyl groups is 1. The van der Waals surface area contributed by atoms with E-state index in [0.29, 0.717) is 17.4 Å². The predicted octanol–water partition coefficient (Wildman–Crippen LogP) is 17.3. The number of rotatable bonds is 48. The van der Waals surface area contributed by atoms with Crippen molar-refractivity contribution in [3.63, 3.8) is 0 Å². The second kappa shape index (κ2) is 52.7. The van der Waals surface area contributed by atoms with Crippen molar-refractivity contribution in [3.05, 3.63) is 170 Å². The Labute approximate surface area is 447 Å². The number of nitrogens with zero attached hydrogens (tertiary/aromatic N) is 1. The second-order valence-electron chi connectivity index (χ2n) is 19.2. The van der Waals surface area contributed by atoms with Gasteiger partial charge in [0, 0.05) is 6.42 Å². The summed E-state index contributed by atoms with van der Waals surface area (Å²) in [6.45, 7) is 4.58. The molecule has 0 radical (unpaired) electrons. The zero-order valence-corrected chi connectivity index (χ0v) is 47.4. The molecule has 0 fully saturated rings. The Balaban J connectivity index is 4.17. The fraction of sp³-hybridized carbons (Fsp3) is 0.547. The summed E-state index contributed by atoms with van der Waals surface area (Å²) in [4.78, 5) is 23.1. The highest BCUT2D eigenvalue weighted by Gasteiger charge is 2.27. The largest absolute Gasteiger partial charge is 0.472 e. The number of amides is 1. The maximum atomic E-state index is 12.9. The van der Waals surface area contributed by atoms with E-state index in [1.165, 1.54) is 25.7 Å². The summed E-state index contributed by atoms with van der Waals surface area (Å²) >= 11 is 0. The molecule has 0 saturated heterocycles. The van der Waals surface area contributed by atoms with Crippen LogP contribution in [0.4, 0.5) is 0 Å². The van der Waals surface area contributed by atoms with Crippen LogP contribution < -0.4 is 5.32 Å². The number of hydrogen-bond donors (Lipinski definition) is 3. The quantitative estimate of drug-likeness (QED) is 0.0243. The van der Waals surface area contributed by atoms with Crippen LogP contribution in [0.5, 0.6) is 0 Å². The third-order valence-corrected chi connectivity index (χ3v) is 12.2. The van der Waals surface area contributed by atoms with Crippen molar-refractivity contribution in [1.82, 2.24) is 5.32 Å².